The van der Waals surface area contributed by atoms with Gasteiger partial charge in [0.05, 0.1) is 0 Å². The molecule has 0 aromatic rings. The number of hydrogen-bond donors (Lipinski definition) is 1. The van der Waals surface area contributed by atoms with Crippen LogP contribution < -0.4 is 5.32 Å². The van der Waals surface area contributed by atoms with Crippen molar-refractivity contribution in [2.24, 2.45) is 23.7 Å². The van der Waals surface area contributed by atoms with Gasteiger partial charge in [-0.2, -0.15) is 0 Å². The summed E-state index contributed by atoms with van der Waals surface area (Å²) in [6, 6.07) is 0.893. The number of rotatable bonds is 3. The van der Waals surface area contributed by atoms with Gasteiger partial charge < -0.3 is 5.32 Å². The van der Waals surface area contributed by atoms with Gasteiger partial charge in [0.25, 0.3) is 0 Å². The molecule has 74 valence electrons. The average molecular weight is 179 g/mol. The number of hydrogen-bond acceptors (Lipinski definition) is 1. The second-order valence-corrected chi connectivity index (χ2v) is 5.34. The molecule has 0 spiro atoms. The highest BCUT2D eigenvalue weighted by Gasteiger charge is 2.57. The second kappa shape index (κ2) is 2.98. The maximum Gasteiger partial charge on any atom is 0.0126 e. The first kappa shape index (κ1) is 8.28. The summed E-state index contributed by atoms with van der Waals surface area (Å²) in [6.45, 7) is 0. The highest BCUT2D eigenvalue weighted by Crippen LogP contribution is 2.60. The van der Waals surface area contributed by atoms with E-state index < -0.39 is 0 Å². The van der Waals surface area contributed by atoms with Crippen LogP contribution in [0.4, 0.5) is 0 Å². The Labute approximate surface area is 81.3 Å². The summed E-state index contributed by atoms with van der Waals surface area (Å²) in [7, 11) is 2.18. The summed E-state index contributed by atoms with van der Waals surface area (Å²) in [5.41, 5.74) is 0. The molecule has 3 atom stereocenters. The minimum absolute atomic E-state index is 0.893. The van der Waals surface area contributed by atoms with E-state index in [-0.39, 0.29) is 0 Å². The van der Waals surface area contributed by atoms with Gasteiger partial charge in [-0.1, -0.05) is 12.8 Å². The highest BCUT2D eigenvalue weighted by molar-refractivity contribution is 5.08. The van der Waals surface area contributed by atoms with Gasteiger partial charge in [0.2, 0.25) is 0 Å². The van der Waals surface area contributed by atoms with Crippen LogP contribution in [-0.2, 0) is 0 Å². The fraction of sp³-hybridized carbons (Fsp3) is 1.00. The van der Waals surface area contributed by atoms with Crippen molar-refractivity contribution in [1.82, 2.24) is 5.32 Å². The van der Waals surface area contributed by atoms with Gasteiger partial charge in [-0.3, -0.25) is 0 Å². The SMILES string of the molecule is CNC(C1CCC1)C1C2CCCC21. The van der Waals surface area contributed by atoms with E-state index >= 15 is 0 Å². The zero-order valence-electron chi connectivity index (χ0n) is 8.63. The average Bonchev–Trinajstić information content (AvgIpc) is 2.56. The van der Waals surface area contributed by atoms with Gasteiger partial charge >= 0.3 is 0 Å². The normalized spacial score (nSPS) is 45.5. The first-order valence-electron chi connectivity index (χ1n) is 6.09. The molecule has 1 nitrogen and oxygen atoms in total. The molecule has 13 heavy (non-hydrogen) atoms. The molecular formula is C12H21N. The molecule has 1 N–H and O–H groups in total. The van der Waals surface area contributed by atoms with E-state index in [2.05, 4.69) is 12.4 Å². The van der Waals surface area contributed by atoms with Crippen molar-refractivity contribution in [1.29, 1.82) is 0 Å². The second-order valence-electron chi connectivity index (χ2n) is 5.34. The first-order chi connectivity index (χ1) is 6.42. The van der Waals surface area contributed by atoms with Crippen molar-refractivity contribution in [3.63, 3.8) is 0 Å². The Hall–Kier alpha value is -0.0400. The fourth-order valence-corrected chi connectivity index (χ4v) is 3.95. The van der Waals surface area contributed by atoms with Crippen molar-refractivity contribution in [2.45, 2.75) is 44.6 Å². The zero-order valence-corrected chi connectivity index (χ0v) is 8.63. The Balaban J connectivity index is 1.63. The number of fused-ring (bicyclic) bond motifs is 1. The molecule has 3 aliphatic carbocycles. The third-order valence-corrected chi connectivity index (χ3v) is 4.88. The van der Waals surface area contributed by atoms with E-state index in [1.165, 1.54) is 25.7 Å². The predicted molar refractivity (Wildman–Crippen MR) is 54.5 cm³/mol. The minimum Gasteiger partial charge on any atom is -0.316 e. The minimum atomic E-state index is 0.893. The van der Waals surface area contributed by atoms with Crippen LogP contribution in [0.2, 0.25) is 0 Å². The van der Waals surface area contributed by atoms with Crippen LogP contribution in [0.1, 0.15) is 38.5 Å². The largest absolute Gasteiger partial charge is 0.316 e. The Morgan fingerprint density at radius 2 is 1.62 bits per heavy atom. The Kier molecular flexibility index (Phi) is 1.90. The Morgan fingerprint density at radius 3 is 2.08 bits per heavy atom. The molecule has 3 aliphatic rings. The van der Waals surface area contributed by atoms with Crippen molar-refractivity contribution in [3.8, 4) is 0 Å². The van der Waals surface area contributed by atoms with Crippen LogP contribution in [-0.4, -0.2) is 13.1 Å². The lowest BCUT2D eigenvalue weighted by Gasteiger charge is -2.34. The molecule has 0 aromatic carbocycles. The summed E-state index contributed by atoms with van der Waals surface area (Å²) < 4.78 is 0. The lowest BCUT2D eigenvalue weighted by molar-refractivity contribution is 0.204. The molecule has 0 amide bonds. The molecule has 0 bridgehead atoms. The van der Waals surface area contributed by atoms with Crippen LogP contribution in [0, 0.1) is 23.7 Å². The standard InChI is InChI=1S/C12H21N/c1-13-12(8-4-2-5-8)11-9-6-3-7-10(9)11/h8-13H,2-7H2,1H3. The van der Waals surface area contributed by atoms with Gasteiger partial charge in [-0.25, -0.2) is 0 Å². The maximum absolute atomic E-state index is 3.59. The molecule has 3 unspecified atom stereocenters. The summed E-state index contributed by atoms with van der Waals surface area (Å²) in [5, 5.41) is 3.59. The lowest BCUT2D eigenvalue weighted by atomic mass is 9.77. The molecule has 1 heteroatoms. The highest BCUT2D eigenvalue weighted by atomic mass is 14.9. The fourth-order valence-electron chi connectivity index (χ4n) is 3.95. The van der Waals surface area contributed by atoms with Crippen LogP contribution in [0.3, 0.4) is 0 Å². The van der Waals surface area contributed by atoms with E-state index in [9.17, 15) is 0 Å². The van der Waals surface area contributed by atoms with Crippen LogP contribution >= 0.6 is 0 Å². The molecule has 0 aromatic heterocycles. The van der Waals surface area contributed by atoms with E-state index in [0.29, 0.717) is 0 Å². The van der Waals surface area contributed by atoms with Crippen molar-refractivity contribution >= 4 is 0 Å². The molecule has 3 saturated carbocycles. The molecule has 3 fully saturated rings. The first-order valence-corrected chi connectivity index (χ1v) is 6.09. The molecule has 0 heterocycles. The number of nitrogens with one attached hydrogen (secondary N) is 1. The monoisotopic (exact) mass is 179 g/mol. The lowest BCUT2D eigenvalue weighted by Crippen LogP contribution is -2.40. The molecule has 3 rings (SSSR count). The van der Waals surface area contributed by atoms with Crippen molar-refractivity contribution in [3.05, 3.63) is 0 Å². The van der Waals surface area contributed by atoms with Gasteiger partial charge in [-0.15, -0.1) is 0 Å². The summed E-state index contributed by atoms with van der Waals surface area (Å²) >= 11 is 0. The summed E-state index contributed by atoms with van der Waals surface area (Å²) in [5.74, 6) is 4.40. The maximum atomic E-state index is 3.59. The Bertz CT molecular complexity index is 187. The van der Waals surface area contributed by atoms with Gasteiger partial charge in [0.15, 0.2) is 0 Å². The quantitative estimate of drug-likeness (QED) is 0.701. The topological polar surface area (TPSA) is 12.0 Å². The van der Waals surface area contributed by atoms with Crippen LogP contribution in [0.15, 0.2) is 0 Å². The van der Waals surface area contributed by atoms with E-state index in [0.717, 1.165) is 29.7 Å². The van der Waals surface area contributed by atoms with Gasteiger partial charge in [0, 0.05) is 6.04 Å². The van der Waals surface area contributed by atoms with Gasteiger partial charge in [-0.05, 0) is 56.4 Å². The summed E-state index contributed by atoms with van der Waals surface area (Å²) in [6.07, 6.45) is 9.10. The van der Waals surface area contributed by atoms with Crippen molar-refractivity contribution in [2.75, 3.05) is 7.05 Å². The molecular weight excluding hydrogens is 158 g/mol. The Morgan fingerprint density at radius 1 is 1.00 bits per heavy atom. The molecule has 0 aliphatic heterocycles. The van der Waals surface area contributed by atoms with Crippen molar-refractivity contribution < 1.29 is 0 Å². The summed E-state index contributed by atoms with van der Waals surface area (Å²) in [4.78, 5) is 0. The third-order valence-electron chi connectivity index (χ3n) is 4.88. The van der Waals surface area contributed by atoms with E-state index in [1.54, 1.807) is 12.8 Å². The van der Waals surface area contributed by atoms with E-state index in [4.69, 9.17) is 0 Å². The molecule has 0 radical (unpaired) electrons. The third kappa shape index (κ3) is 1.16. The van der Waals surface area contributed by atoms with Crippen LogP contribution in [0.5, 0.6) is 0 Å². The predicted octanol–water partition coefficient (Wildman–Crippen LogP) is 2.42. The molecule has 0 saturated heterocycles. The van der Waals surface area contributed by atoms with Crippen LogP contribution in [0.25, 0.3) is 0 Å². The van der Waals surface area contributed by atoms with E-state index in [1.807, 2.05) is 0 Å². The smallest absolute Gasteiger partial charge is 0.0126 e. The van der Waals surface area contributed by atoms with Gasteiger partial charge in [0.1, 0.15) is 0 Å². The zero-order chi connectivity index (χ0) is 8.84.